The van der Waals surface area contributed by atoms with Gasteiger partial charge >= 0.3 is 6.09 Å². The first-order chi connectivity index (χ1) is 13.3. The Bertz CT molecular complexity index is 624. The van der Waals surface area contributed by atoms with E-state index in [-0.39, 0.29) is 6.09 Å². The zero-order valence-electron chi connectivity index (χ0n) is 18.2. The lowest BCUT2D eigenvalue weighted by molar-refractivity contribution is 0.0194. The molecule has 1 saturated carbocycles. The third kappa shape index (κ3) is 5.50. The fourth-order valence-electron chi connectivity index (χ4n) is 4.97. The zero-order valence-corrected chi connectivity index (χ0v) is 18.2. The first-order valence-corrected chi connectivity index (χ1v) is 11.0. The number of hydrogen-bond donors (Lipinski definition) is 0. The van der Waals surface area contributed by atoms with Gasteiger partial charge in [-0.25, -0.2) is 4.79 Å². The van der Waals surface area contributed by atoms with Crippen LogP contribution in [0.15, 0.2) is 30.3 Å². The van der Waals surface area contributed by atoms with E-state index in [1.54, 1.807) is 4.90 Å². The number of ether oxygens (including phenoxy) is 1. The summed E-state index contributed by atoms with van der Waals surface area (Å²) in [5, 5.41) is 0. The highest BCUT2D eigenvalue weighted by Crippen LogP contribution is 2.41. The summed E-state index contributed by atoms with van der Waals surface area (Å²) in [7, 11) is 1.88. The van der Waals surface area contributed by atoms with Crippen molar-refractivity contribution in [2.75, 3.05) is 26.7 Å². The van der Waals surface area contributed by atoms with Crippen molar-refractivity contribution in [3.8, 4) is 0 Å². The van der Waals surface area contributed by atoms with E-state index < -0.39 is 5.60 Å². The molecule has 2 fully saturated rings. The van der Waals surface area contributed by atoms with Crippen LogP contribution in [-0.2, 0) is 11.2 Å². The molecule has 0 unspecified atom stereocenters. The fraction of sp³-hybridized carbons (Fsp3) is 0.708. The van der Waals surface area contributed by atoms with Crippen molar-refractivity contribution < 1.29 is 9.53 Å². The van der Waals surface area contributed by atoms with Gasteiger partial charge in [0.15, 0.2) is 0 Å². The Morgan fingerprint density at radius 2 is 1.75 bits per heavy atom. The second-order valence-electron chi connectivity index (χ2n) is 9.89. The topological polar surface area (TPSA) is 32.8 Å². The number of carbonyl (C=O) groups excluding carboxylic acids is 1. The van der Waals surface area contributed by atoms with Gasteiger partial charge in [0.1, 0.15) is 5.60 Å². The average Bonchev–Trinajstić information content (AvgIpc) is 3.18. The highest BCUT2D eigenvalue weighted by atomic mass is 16.6. The summed E-state index contributed by atoms with van der Waals surface area (Å²) >= 11 is 0. The van der Waals surface area contributed by atoms with Crippen molar-refractivity contribution in [2.45, 2.75) is 76.9 Å². The molecular weight excluding hydrogens is 348 g/mol. The molecular formula is C24H38N2O2. The smallest absolute Gasteiger partial charge is 0.410 e. The highest BCUT2D eigenvalue weighted by Gasteiger charge is 2.41. The SMILES string of the molecule is CN(CC1CCC(Cc2ccccc2)(N2CCCC2)CC1)C(=O)OC(C)(C)C. The zero-order chi connectivity index (χ0) is 20.2. The van der Waals surface area contributed by atoms with Gasteiger partial charge in [0, 0.05) is 19.1 Å². The molecule has 1 saturated heterocycles. The van der Waals surface area contributed by atoms with Crippen LogP contribution in [0.4, 0.5) is 4.79 Å². The molecule has 3 rings (SSSR count). The number of nitrogens with zero attached hydrogens (tertiary/aromatic N) is 2. The van der Waals surface area contributed by atoms with E-state index in [4.69, 9.17) is 4.74 Å². The van der Waals surface area contributed by atoms with Crippen LogP contribution < -0.4 is 0 Å². The molecule has 0 N–H and O–H groups in total. The van der Waals surface area contributed by atoms with Crippen molar-refractivity contribution in [1.82, 2.24) is 9.80 Å². The highest BCUT2D eigenvalue weighted by molar-refractivity contribution is 5.67. The molecule has 156 valence electrons. The largest absolute Gasteiger partial charge is 0.444 e. The number of amides is 1. The fourth-order valence-corrected chi connectivity index (χ4v) is 4.97. The molecule has 1 amide bonds. The minimum Gasteiger partial charge on any atom is -0.444 e. The summed E-state index contributed by atoms with van der Waals surface area (Å²) in [5.74, 6) is 0.573. The second kappa shape index (κ2) is 8.86. The summed E-state index contributed by atoms with van der Waals surface area (Å²) in [5.41, 5.74) is 1.33. The van der Waals surface area contributed by atoms with Crippen molar-refractivity contribution >= 4 is 6.09 Å². The third-order valence-electron chi connectivity index (χ3n) is 6.43. The van der Waals surface area contributed by atoms with Crippen molar-refractivity contribution in [2.24, 2.45) is 5.92 Å². The Morgan fingerprint density at radius 3 is 2.32 bits per heavy atom. The standard InChI is InChI=1S/C24H38N2O2/c1-23(2,3)28-22(27)25(4)19-21-12-14-24(15-13-21,26-16-8-9-17-26)18-20-10-6-5-7-11-20/h5-7,10-11,21H,8-9,12-19H2,1-4H3. The Morgan fingerprint density at radius 1 is 1.14 bits per heavy atom. The van der Waals surface area contributed by atoms with E-state index in [2.05, 4.69) is 35.2 Å². The van der Waals surface area contributed by atoms with Crippen LogP contribution >= 0.6 is 0 Å². The summed E-state index contributed by atoms with van der Waals surface area (Å²) in [4.78, 5) is 16.9. The van der Waals surface area contributed by atoms with Crippen molar-refractivity contribution in [1.29, 1.82) is 0 Å². The normalized spacial score (nSPS) is 26.2. The van der Waals surface area contributed by atoms with E-state index >= 15 is 0 Å². The minimum atomic E-state index is -0.432. The molecule has 28 heavy (non-hydrogen) atoms. The van der Waals surface area contributed by atoms with Crippen LogP contribution in [0.2, 0.25) is 0 Å². The maximum absolute atomic E-state index is 12.3. The number of benzene rings is 1. The molecule has 0 atom stereocenters. The molecule has 0 aromatic heterocycles. The van der Waals surface area contributed by atoms with Crippen molar-refractivity contribution in [3.63, 3.8) is 0 Å². The van der Waals surface area contributed by atoms with Gasteiger partial charge in [0.2, 0.25) is 0 Å². The van der Waals surface area contributed by atoms with Gasteiger partial charge in [-0.15, -0.1) is 0 Å². The molecule has 1 aromatic rings. The lowest BCUT2D eigenvalue weighted by Gasteiger charge is -2.47. The number of hydrogen-bond acceptors (Lipinski definition) is 3. The summed E-state index contributed by atoms with van der Waals surface area (Å²) in [6.07, 6.45) is 8.47. The molecule has 0 radical (unpaired) electrons. The Kier molecular flexibility index (Phi) is 6.69. The molecule has 0 spiro atoms. The van der Waals surface area contributed by atoms with E-state index in [0.29, 0.717) is 11.5 Å². The number of likely N-dealkylation sites (tertiary alicyclic amines) is 1. The van der Waals surface area contributed by atoms with E-state index in [1.165, 1.54) is 57.2 Å². The maximum Gasteiger partial charge on any atom is 0.410 e. The molecule has 1 heterocycles. The first-order valence-electron chi connectivity index (χ1n) is 11.0. The van der Waals surface area contributed by atoms with Gasteiger partial charge in [0.05, 0.1) is 0 Å². The predicted molar refractivity (Wildman–Crippen MR) is 115 cm³/mol. The third-order valence-corrected chi connectivity index (χ3v) is 6.43. The van der Waals surface area contributed by atoms with Gasteiger partial charge in [-0.3, -0.25) is 4.90 Å². The molecule has 4 nitrogen and oxygen atoms in total. The molecule has 1 aromatic carbocycles. The maximum atomic E-state index is 12.3. The summed E-state index contributed by atoms with van der Waals surface area (Å²) in [6, 6.07) is 11.0. The van der Waals surface area contributed by atoms with Crippen LogP contribution in [0.1, 0.15) is 64.9 Å². The van der Waals surface area contributed by atoms with Crippen LogP contribution in [0, 0.1) is 5.92 Å². The molecule has 1 aliphatic heterocycles. The molecule has 1 aliphatic carbocycles. The first kappa shape index (κ1) is 21.2. The Hall–Kier alpha value is -1.55. The van der Waals surface area contributed by atoms with Gasteiger partial charge in [-0.2, -0.15) is 0 Å². The lowest BCUT2D eigenvalue weighted by atomic mass is 9.72. The van der Waals surface area contributed by atoms with Gasteiger partial charge in [-0.1, -0.05) is 30.3 Å². The lowest BCUT2D eigenvalue weighted by Crippen LogP contribution is -2.52. The molecule has 2 aliphatic rings. The second-order valence-corrected chi connectivity index (χ2v) is 9.89. The molecule has 4 heteroatoms. The van der Waals surface area contributed by atoms with E-state index in [9.17, 15) is 4.79 Å². The summed E-state index contributed by atoms with van der Waals surface area (Å²) < 4.78 is 5.52. The van der Waals surface area contributed by atoms with Gasteiger partial charge < -0.3 is 9.64 Å². The molecule has 0 bridgehead atoms. The van der Waals surface area contributed by atoms with E-state index in [1.807, 2.05) is 27.8 Å². The van der Waals surface area contributed by atoms with Crippen LogP contribution in [0.5, 0.6) is 0 Å². The van der Waals surface area contributed by atoms with Crippen LogP contribution in [0.25, 0.3) is 0 Å². The quantitative estimate of drug-likeness (QED) is 0.704. The summed E-state index contributed by atoms with van der Waals surface area (Å²) in [6.45, 7) is 9.06. The monoisotopic (exact) mass is 386 g/mol. The Balaban J connectivity index is 1.60. The van der Waals surface area contributed by atoms with Gasteiger partial charge in [0.25, 0.3) is 0 Å². The number of rotatable bonds is 5. The van der Waals surface area contributed by atoms with Crippen LogP contribution in [-0.4, -0.2) is 53.7 Å². The van der Waals surface area contributed by atoms with E-state index in [0.717, 1.165) is 13.0 Å². The van der Waals surface area contributed by atoms with Gasteiger partial charge in [-0.05, 0) is 90.3 Å². The predicted octanol–water partition coefficient (Wildman–Crippen LogP) is 5.12. The average molecular weight is 387 g/mol. The minimum absolute atomic E-state index is 0.201. The number of carbonyl (C=O) groups is 1. The Labute approximate surface area is 171 Å². The van der Waals surface area contributed by atoms with Crippen LogP contribution in [0.3, 0.4) is 0 Å². The van der Waals surface area contributed by atoms with Crippen molar-refractivity contribution in [3.05, 3.63) is 35.9 Å².